The molecule has 0 spiro atoms. The Morgan fingerprint density at radius 1 is 1.25 bits per heavy atom. The van der Waals surface area contributed by atoms with Gasteiger partial charge in [0, 0.05) is 45.9 Å². The highest BCUT2D eigenvalue weighted by Gasteiger charge is 2.20. The summed E-state index contributed by atoms with van der Waals surface area (Å²) in [5.74, 6) is 0. The van der Waals surface area contributed by atoms with E-state index in [2.05, 4.69) is 21.2 Å². The van der Waals surface area contributed by atoms with Crippen LogP contribution in [0, 0.1) is 11.3 Å². The molecular formula is C18H24N4OS. The van der Waals surface area contributed by atoms with Gasteiger partial charge in [0.05, 0.1) is 17.7 Å². The number of nitriles is 1. The van der Waals surface area contributed by atoms with Gasteiger partial charge >= 0.3 is 0 Å². The average Bonchev–Trinajstić information content (AvgIpc) is 3.14. The number of thiocarbonyl (C=S) groups is 1. The molecule has 2 saturated heterocycles. The molecule has 128 valence electrons. The molecule has 0 aromatic heterocycles. The molecule has 0 amide bonds. The van der Waals surface area contributed by atoms with E-state index in [1.807, 2.05) is 24.3 Å². The van der Waals surface area contributed by atoms with E-state index in [1.165, 1.54) is 5.56 Å². The number of hydrogen-bond donors (Lipinski definition) is 1. The van der Waals surface area contributed by atoms with Crippen molar-refractivity contribution in [2.75, 3.05) is 39.3 Å². The second-order valence-corrected chi connectivity index (χ2v) is 6.78. The van der Waals surface area contributed by atoms with Crippen LogP contribution in [0.1, 0.15) is 24.0 Å². The summed E-state index contributed by atoms with van der Waals surface area (Å²) in [6.45, 7) is 6.54. The van der Waals surface area contributed by atoms with Crippen LogP contribution in [0.15, 0.2) is 24.3 Å². The molecule has 0 radical (unpaired) electrons. The first-order chi connectivity index (χ1) is 11.7. The summed E-state index contributed by atoms with van der Waals surface area (Å²) in [7, 11) is 0. The van der Waals surface area contributed by atoms with Crippen LogP contribution in [0.25, 0.3) is 0 Å². The highest BCUT2D eigenvalue weighted by atomic mass is 32.1. The van der Waals surface area contributed by atoms with E-state index in [-0.39, 0.29) is 0 Å². The number of piperazine rings is 1. The molecule has 2 heterocycles. The van der Waals surface area contributed by atoms with E-state index in [0.717, 1.165) is 63.8 Å². The van der Waals surface area contributed by atoms with Crippen molar-refractivity contribution in [1.29, 1.82) is 5.26 Å². The van der Waals surface area contributed by atoms with Gasteiger partial charge in [-0.2, -0.15) is 5.26 Å². The molecular weight excluding hydrogens is 320 g/mol. The molecule has 0 unspecified atom stereocenters. The van der Waals surface area contributed by atoms with Gasteiger partial charge in [-0.3, -0.25) is 4.90 Å². The second-order valence-electron chi connectivity index (χ2n) is 6.39. The van der Waals surface area contributed by atoms with Gasteiger partial charge in [0.2, 0.25) is 0 Å². The number of hydrogen-bond acceptors (Lipinski definition) is 4. The van der Waals surface area contributed by atoms with E-state index >= 15 is 0 Å². The molecule has 0 saturated carbocycles. The first kappa shape index (κ1) is 17.2. The Bertz CT molecular complexity index is 584. The van der Waals surface area contributed by atoms with Gasteiger partial charge in [0.1, 0.15) is 0 Å². The van der Waals surface area contributed by atoms with E-state index in [1.54, 1.807) is 0 Å². The van der Waals surface area contributed by atoms with Crippen molar-refractivity contribution in [3.8, 4) is 6.07 Å². The summed E-state index contributed by atoms with van der Waals surface area (Å²) in [6, 6.07) is 10.0. The third kappa shape index (κ3) is 4.67. The van der Waals surface area contributed by atoms with Gasteiger partial charge in [0.15, 0.2) is 5.11 Å². The summed E-state index contributed by atoms with van der Waals surface area (Å²) in [4.78, 5) is 4.68. The van der Waals surface area contributed by atoms with Crippen LogP contribution in [0.4, 0.5) is 0 Å². The fourth-order valence-electron chi connectivity index (χ4n) is 3.17. The average molecular weight is 344 g/mol. The van der Waals surface area contributed by atoms with Crippen molar-refractivity contribution in [1.82, 2.24) is 15.1 Å². The van der Waals surface area contributed by atoms with Crippen LogP contribution in [0.2, 0.25) is 0 Å². The Labute approximate surface area is 149 Å². The van der Waals surface area contributed by atoms with Gasteiger partial charge in [-0.1, -0.05) is 12.1 Å². The minimum atomic E-state index is 0.320. The van der Waals surface area contributed by atoms with Gasteiger partial charge in [-0.15, -0.1) is 0 Å². The smallest absolute Gasteiger partial charge is 0.169 e. The Morgan fingerprint density at radius 2 is 2.00 bits per heavy atom. The molecule has 2 aliphatic heterocycles. The number of nitrogens with zero attached hydrogens (tertiary/aromatic N) is 3. The summed E-state index contributed by atoms with van der Waals surface area (Å²) in [5, 5.41) is 13.1. The summed E-state index contributed by atoms with van der Waals surface area (Å²) in [5.41, 5.74) is 1.97. The normalized spacial score (nSPS) is 21.5. The van der Waals surface area contributed by atoms with Gasteiger partial charge < -0.3 is 15.0 Å². The maximum atomic E-state index is 8.85. The van der Waals surface area contributed by atoms with Crippen LogP contribution in [0.3, 0.4) is 0 Å². The molecule has 0 bridgehead atoms. The summed E-state index contributed by atoms with van der Waals surface area (Å²) in [6.07, 6.45) is 2.61. The highest BCUT2D eigenvalue weighted by Crippen LogP contribution is 2.12. The van der Waals surface area contributed by atoms with Crippen LogP contribution < -0.4 is 5.32 Å². The number of ether oxygens (including phenoxy) is 1. The summed E-state index contributed by atoms with van der Waals surface area (Å²) >= 11 is 5.51. The fourth-order valence-corrected chi connectivity index (χ4v) is 3.44. The molecule has 0 aliphatic carbocycles. The fraction of sp³-hybridized carbons (Fsp3) is 0.556. The first-order valence-corrected chi connectivity index (χ1v) is 9.01. The lowest BCUT2D eigenvalue weighted by molar-refractivity contribution is 0.112. The van der Waals surface area contributed by atoms with Crippen LogP contribution in [0.5, 0.6) is 0 Å². The standard InChI is InChI=1S/C18H24N4OS/c19-12-15-3-5-16(6-4-15)14-21-7-9-22(10-8-21)18(24)20-13-17-2-1-11-23-17/h3-6,17H,1-2,7-11,13-14H2,(H,20,24)/t17-/m0/s1. The molecule has 1 atom stereocenters. The lowest BCUT2D eigenvalue weighted by Crippen LogP contribution is -2.52. The van der Waals surface area contributed by atoms with Crippen LogP contribution >= 0.6 is 12.2 Å². The molecule has 24 heavy (non-hydrogen) atoms. The maximum absolute atomic E-state index is 8.85. The van der Waals surface area contributed by atoms with E-state index in [0.29, 0.717) is 11.7 Å². The van der Waals surface area contributed by atoms with Crippen molar-refractivity contribution in [3.05, 3.63) is 35.4 Å². The van der Waals surface area contributed by atoms with E-state index < -0.39 is 0 Å². The molecule has 6 heteroatoms. The molecule has 1 aromatic carbocycles. The van der Waals surface area contributed by atoms with Crippen molar-refractivity contribution < 1.29 is 4.74 Å². The van der Waals surface area contributed by atoms with Gasteiger partial charge in [-0.25, -0.2) is 0 Å². The van der Waals surface area contributed by atoms with E-state index in [4.69, 9.17) is 22.2 Å². The number of nitrogens with one attached hydrogen (secondary N) is 1. The Balaban J connectivity index is 1.39. The second kappa shape index (κ2) is 8.43. The molecule has 5 nitrogen and oxygen atoms in total. The van der Waals surface area contributed by atoms with E-state index in [9.17, 15) is 0 Å². The van der Waals surface area contributed by atoms with Crippen molar-refractivity contribution in [3.63, 3.8) is 0 Å². The third-order valence-electron chi connectivity index (χ3n) is 4.65. The molecule has 1 N–H and O–H groups in total. The predicted molar refractivity (Wildman–Crippen MR) is 97.6 cm³/mol. The van der Waals surface area contributed by atoms with Crippen LogP contribution in [-0.2, 0) is 11.3 Å². The first-order valence-electron chi connectivity index (χ1n) is 8.60. The zero-order valence-electron chi connectivity index (χ0n) is 13.9. The van der Waals surface area contributed by atoms with Gasteiger partial charge in [-0.05, 0) is 42.8 Å². The minimum absolute atomic E-state index is 0.320. The maximum Gasteiger partial charge on any atom is 0.169 e. The molecule has 1 aromatic rings. The highest BCUT2D eigenvalue weighted by molar-refractivity contribution is 7.80. The number of benzene rings is 1. The topological polar surface area (TPSA) is 51.5 Å². The third-order valence-corrected chi connectivity index (χ3v) is 5.06. The Morgan fingerprint density at radius 3 is 2.62 bits per heavy atom. The molecule has 2 aliphatic rings. The number of rotatable bonds is 4. The van der Waals surface area contributed by atoms with Crippen LogP contribution in [-0.4, -0.2) is 60.3 Å². The monoisotopic (exact) mass is 344 g/mol. The van der Waals surface area contributed by atoms with Gasteiger partial charge in [0.25, 0.3) is 0 Å². The predicted octanol–water partition coefficient (Wildman–Crippen LogP) is 1.73. The summed E-state index contributed by atoms with van der Waals surface area (Å²) < 4.78 is 5.62. The largest absolute Gasteiger partial charge is 0.376 e. The van der Waals surface area contributed by atoms with Crippen molar-refractivity contribution >= 4 is 17.3 Å². The zero-order chi connectivity index (χ0) is 16.8. The van der Waals surface area contributed by atoms with Crippen molar-refractivity contribution in [2.45, 2.75) is 25.5 Å². The Kier molecular flexibility index (Phi) is 6.02. The van der Waals surface area contributed by atoms with Crippen molar-refractivity contribution in [2.24, 2.45) is 0 Å². The lowest BCUT2D eigenvalue weighted by Gasteiger charge is -2.36. The lowest BCUT2D eigenvalue weighted by atomic mass is 10.1. The quantitative estimate of drug-likeness (QED) is 0.840. The Hall–Kier alpha value is -1.68. The SMILES string of the molecule is N#Cc1ccc(CN2CCN(C(=S)NC[C@@H]3CCCO3)CC2)cc1. The minimum Gasteiger partial charge on any atom is -0.376 e. The zero-order valence-corrected chi connectivity index (χ0v) is 14.7. The molecule has 2 fully saturated rings. The molecule has 3 rings (SSSR count).